The summed E-state index contributed by atoms with van der Waals surface area (Å²) in [6.45, 7) is 8.26. The molecule has 0 fully saturated rings. The Hall–Kier alpha value is -0.300. The van der Waals surface area contributed by atoms with E-state index in [4.69, 9.17) is 24.2 Å². The van der Waals surface area contributed by atoms with Crippen LogP contribution in [0.1, 0.15) is 91.9 Å². The summed E-state index contributed by atoms with van der Waals surface area (Å²) in [6, 6.07) is 0. The predicted molar refractivity (Wildman–Crippen MR) is 149 cm³/mol. The number of ether oxygens (including phenoxy) is 2. The third kappa shape index (κ3) is 24.1. The van der Waals surface area contributed by atoms with E-state index in [9.17, 15) is 40.6 Å². The van der Waals surface area contributed by atoms with Crippen molar-refractivity contribution >= 4 is 73.7 Å². The summed E-state index contributed by atoms with van der Waals surface area (Å²) in [5, 5.41) is 11.9. The van der Waals surface area contributed by atoms with E-state index in [0.29, 0.717) is 0 Å². The van der Waals surface area contributed by atoms with E-state index < -0.39 is 67.5 Å². The summed E-state index contributed by atoms with van der Waals surface area (Å²) < 4.78 is 73.2. The van der Waals surface area contributed by atoms with Gasteiger partial charge in [-0.1, -0.05) is 66.2 Å². The molecule has 0 bridgehead atoms. The second-order valence-electron chi connectivity index (χ2n) is 9.27. The van der Waals surface area contributed by atoms with Gasteiger partial charge in [0.2, 0.25) is 0 Å². The Morgan fingerprint density at radius 3 is 1.48 bits per heavy atom. The first-order valence-electron chi connectivity index (χ1n) is 13.1. The van der Waals surface area contributed by atoms with E-state index in [0.717, 1.165) is 51.4 Å². The van der Waals surface area contributed by atoms with E-state index in [1.54, 1.807) is 0 Å². The molecule has 0 aromatic heterocycles. The molecule has 0 aliphatic heterocycles. The average Bonchev–Trinajstić information content (AvgIpc) is 2.84. The zero-order valence-corrected chi connectivity index (χ0v) is 28.1. The number of hydrogen-bond donors (Lipinski definition) is 3. The number of carboxylic acids is 2. The van der Waals surface area contributed by atoms with Crippen LogP contribution in [0.15, 0.2) is 0 Å². The molecule has 0 saturated heterocycles. The number of rotatable bonds is 20. The van der Waals surface area contributed by atoms with E-state index >= 15 is 0 Å². The topological polar surface area (TPSA) is 239 Å². The molecule has 0 aliphatic carbocycles. The van der Waals surface area contributed by atoms with Gasteiger partial charge in [-0.15, -0.1) is 0 Å². The number of carbonyl (C=O) groups excluding carboxylic acids is 2. The molecule has 18 heteroatoms. The summed E-state index contributed by atoms with van der Waals surface area (Å²) in [7, 11) is -9.85. The minimum atomic E-state index is -5.01. The van der Waals surface area contributed by atoms with Gasteiger partial charge in [0, 0.05) is 0 Å². The molecule has 0 rings (SSSR count). The van der Waals surface area contributed by atoms with Crippen molar-refractivity contribution in [2.24, 2.45) is 11.8 Å². The van der Waals surface area contributed by atoms with Crippen LogP contribution in [-0.2, 0) is 48.9 Å². The Labute approximate surface area is 293 Å². The summed E-state index contributed by atoms with van der Waals surface area (Å²) in [5.74, 6) is -5.24. The van der Waals surface area contributed by atoms with E-state index in [1.807, 2.05) is 13.8 Å². The van der Waals surface area contributed by atoms with Gasteiger partial charge in [-0.05, 0) is 24.7 Å². The van der Waals surface area contributed by atoms with Crippen LogP contribution in [-0.4, -0.2) is 113 Å². The molecule has 3 N–H and O–H groups in total. The molecule has 4 atom stereocenters. The number of carbonyl (C=O) groups is 4. The molecule has 0 radical (unpaired) electrons. The van der Waals surface area contributed by atoms with Gasteiger partial charge in [0.05, 0.1) is 26.1 Å². The summed E-state index contributed by atoms with van der Waals surface area (Å²) >= 11 is 0. The molecule has 14 nitrogen and oxygen atoms in total. The van der Waals surface area contributed by atoms with Crippen molar-refractivity contribution in [3.8, 4) is 0 Å². The molecule has 0 aromatic rings. The van der Waals surface area contributed by atoms with Crippen LogP contribution in [0.4, 0.5) is 0 Å². The molecule has 4 unspecified atom stereocenters. The Kier molecular flexibility index (Phi) is 30.1. The molecule has 0 aromatic carbocycles. The molecule has 0 amide bonds. The third-order valence-corrected chi connectivity index (χ3v) is 8.13. The molecule has 0 saturated carbocycles. The SMILES string of the molecule is CCCCC(CC)COC(=O)CC(C(=O)OCC(CC)CCCC)S(=O)(=O)[O-].O=C(O)CC(C(=O)O)S(=O)(=O)O.[Na+].[NaH]. The van der Waals surface area contributed by atoms with Gasteiger partial charge < -0.3 is 24.2 Å². The Morgan fingerprint density at radius 2 is 1.19 bits per heavy atom. The van der Waals surface area contributed by atoms with Crippen LogP contribution in [0.3, 0.4) is 0 Å². The van der Waals surface area contributed by atoms with Crippen molar-refractivity contribution in [1.82, 2.24) is 0 Å². The van der Waals surface area contributed by atoms with Crippen LogP contribution in [0, 0.1) is 11.8 Å². The van der Waals surface area contributed by atoms with E-state index in [-0.39, 0.29) is 84.2 Å². The first-order chi connectivity index (χ1) is 18.4. The molecular weight excluding hydrogens is 622 g/mol. The maximum absolute atomic E-state index is 12.1. The van der Waals surface area contributed by atoms with Crippen LogP contribution in [0.25, 0.3) is 0 Å². The fraction of sp³-hybridized carbons (Fsp3) is 0.833. The molecular formula is C24H44Na2O14S2. The fourth-order valence-electron chi connectivity index (χ4n) is 3.29. The van der Waals surface area contributed by atoms with Crippen molar-refractivity contribution in [3.63, 3.8) is 0 Å². The molecule has 42 heavy (non-hydrogen) atoms. The van der Waals surface area contributed by atoms with Gasteiger partial charge in [-0.3, -0.25) is 23.7 Å². The van der Waals surface area contributed by atoms with Gasteiger partial charge in [0.25, 0.3) is 10.1 Å². The average molecular weight is 667 g/mol. The predicted octanol–water partition coefficient (Wildman–Crippen LogP) is -1.03. The second kappa shape index (κ2) is 26.0. The van der Waals surface area contributed by atoms with Gasteiger partial charge in [0.1, 0.15) is 10.1 Å². The first kappa shape index (κ1) is 48.6. The van der Waals surface area contributed by atoms with Crippen molar-refractivity contribution < 1.29 is 94.4 Å². The quantitative estimate of drug-likeness (QED) is 0.0800. The van der Waals surface area contributed by atoms with Gasteiger partial charge >= 0.3 is 83.0 Å². The van der Waals surface area contributed by atoms with Crippen LogP contribution in [0.5, 0.6) is 0 Å². The fourth-order valence-corrected chi connectivity index (χ4v) is 4.54. The number of hydrogen-bond acceptors (Lipinski definition) is 11. The molecule has 238 valence electrons. The normalized spacial score (nSPS) is 13.9. The molecule has 0 spiro atoms. The van der Waals surface area contributed by atoms with Gasteiger partial charge in [-0.2, -0.15) is 8.42 Å². The Balaban J connectivity index is -0.000000436. The second-order valence-corrected chi connectivity index (χ2v) is 12.4. The molecule has 0 heterocycles. The third-order valence-electron chi connectivity index (χ3n) is 5.99. The number of esters is 2. The summed E-state index contributed by atoms with van der Waals surface area (Å²) in [4.78, 5) is 44.1. The number of aliphatic carboxylic acids is 2. The van der Waals surface area contributed by atoms with Crippen molar-refractivity contribution in [3.05, 3.63) is 0 Å². The summed E-state index contributed by atoms with van der Waals surface area (Å²) in [5.41, 5.74) is 0. The number of unbranched alkanes of at least 4 members (excludes halogenated alkanes) is 2. The van der Waals surface area contributed by atoms with E-state index in [1.165, 1.54) is 0 Å². The van der Waals surface area contributed by atoms with Gasteiger partial charge in [0.15, 0.2) is 10.5 Å². The van der Waals surface area contributed by atoms with Crippen molar-refractivity contribution in [2.45, 2.75) is 102 Å². The first-order valence-corrected chi connectivity index (χ1v) is 16.1. The monoisotopic (exact) mass is 666 g/mol. The van der Waals surface area contributed by atoms with Gasteiger partial charge in [-0.25, -0.2) is 8.42 Å². The van der Waals surface area contributed by atoms with Crippen molar-refractivity contribution in [1.29, 1.82) is 0 Å². The zero-order valence-electron chi connectivity index (χ0n) is 24.4. The Bertz CT molecular complexity index is 1000. The van der Waals surface area contributed by atoms with Crippen LogP contribution in [0.2, 0.25) is 0 Å². The van der Waals surface area contributed by atoms with E-state index in [2.05, 4.69) is 13.8 Å². The molecule has 0 aliphatic rings. The Morgan fingerprint density at radius 1 is 0.762 bits per heavy atom. The summed E-state index contributed by atoms with van der Waals surface area (Å²) in [6.07, 6.45) is 5.42. The van der Waals surface area contributed by atoms with Crippen molar-refractivity contribution in [2.75, 3.05) is 13.2 Å². The minimum absolute atomic E-state index is 0. The standard InChI is InChI=1S/C20H38O7S.C4H6O7S.2Na.H/c1-5-9-11-16(7-3)14-26-19(21)13-18(28(23,24)25)20(22)27-15-17(8-4)12-10-6-2;5-3(6)1-2(4(7)8)12(9,10)11;;;/h16-18H,5-15H2,1-4H3,(H,23,24,25);2H,1H2,(H,5,6)(H,7,8)(H,9,10,11);;;/q;;;+1;/p-1. The van der Waals surface area contributed by atoms with Crippen LogP contribution < -0.4 is 29.6 Å². The van der Waals surface area contributed by atoms with Crippen LogP contribution >= 0.6 is 0 Å². The maximum atomic E-state index is 12.1. The number of carboxylic acid groups (broad SMARTS) is 2. The zero-order chi connectivity index (χ0) is 31.5.